The summed E-state index contributed by atoms with van der Waals surface area (Å²) in [7, 11) is 0. The third-order valence-electron chi connectivity index (χ3n) is 1.86. The summed E-state index contributed by atoms with van der Waals surface area (Å²) < 4.78 is 0. The Kier molecular flexibility index (Phi) is 2.18. The van der Waals surface area contributed by atoms with Gasteiger partial charge in [-0.05, 0) is 12.7 Å². The van der Waals surface area contributed by atoms with Crippen LogP contribution in [0.5, 0.6) is 0 Å². The summed E-state index contributed by atoms with van der Waals surface area (Å²) in [5, 5.41) is 0.788. The maximum Gasteiger partial charge on any atom is 0.189 e. The van der Waals surface area contributed by atoms with Gasteiger partial charge in [0.25, 0.3) is 0 Å². The zero-order valence-corrected chi connectivity index (χ0v) is 8.35. The summed E-state index contributed by atoms with van der Waals surface area (Å²) in [5.41, 5.74) is 2.75. The Balaban J connectivity index is 2.70. The lowest BCUT2D eigenvalue weighted by atomic mass is 10.3. The molecule has 0 aliphatic rings. The van der Waals surface area contributed by atoms with E-state index in [-0.39, 0.29) is 0 Å². The van der Waals surface area contributed by atoms with Crippen LogP contribution in [0.3, 0.4) is 0 Å². The van der Waals surface area contributed by atoms with Gasteiger partial charge in [-0.3, -0.25) is 0 Å². The third kappa shape index (κ3) is 1.39. The Morgan fingerprint density at radius 1 is 1.46 bits per heavy atom. The van der Waals surface area contributed by atoms with Crippen molar-refractivity contribution in [2.45, 2.75) is 18.5 Å². The number of H-pyrrole nitrogens is 1. The van der Waals surface area contributed by atoms with Crippen LogP contribution >= 0.6 is 11.8 Å². The molecule has 2 aromatic rings. The van der Waals surface area contributed by atoms with Gasteiger partial charge in [-0.2, -0.15) is 0 Å². The number of thioether (sulfide) groups is 1. The maximum absolute atomic E-state index is 4.39. The smallest absolute Gasteiger partial charge is 0.189 e. The van der Waals surface area contributed by atoms with Crippen molar-refractivity contribution in [2.75, 3.05) is 6.26 Å². The molecule has 5 heteroatoms. The average Bonchev–Trinajstić information content (AvgIpc) is 2.63. The molecule has 68 valence electrons. The second-order valence-corrected chi connectivity index (χ2v) is 3.39. The number of hydrogen-bond donors (Lipinski definition) is 1. The van der Waals surface area contributed by atoms with Crippen LogP contribution in [0, 0.1) is 0 Å². The van der Waals surface area contributed by atoms with Crippen LogP contribution in [-0.2, 0) is 6.42 Å². The number of hydrogen-bond acceptors (Lipinski definition) is 4. The SMILES string of the molecule is CCc1nc(SC)nc2nc[nH]c12. The Morgan fingerprint density at radius 3 is 3.00 bits per heavy atom. The number of nitrogens with one attached hydrogen (secondary N) is 1. The zero-order valence-electron chi connectivity index (χ0n) is 7.53. The fourth-order valence-corrected chi connectivity index (χ4v) is 1.60. The highest BCUT2D eigenvalue weighted by molar-refractivity contribution is 7.98. The number of rotatable bonds is 2. The molecule has 0 unspecified atom stereocenters. The molecule has 1 N–H and O–H groups in total. The van der Waals surface area contributed by atoms with Crippen molar-refractivity contribution in [1.82, 2.24) is 19.9 Å². The molecule has 0 aliphatic carbocycles. The molecule has 0 saturated carbocycles. The molecule has 0 fully saturated rings. The van der Waals surface area contributed by atoms with E-state index in [2.05, 4.69) is 26.9 Å². The van der Waals surface area contributed by atoms with E-state index < -0.39 is 0 Å². The molecule has 0 atom stereocenters. The quantitative estimate of drug-likeness (QED) is 0.583. The number of fused-ring (bicyclic) bond motifs is 1. The Bertz CT molecular complexity index is 423. The molecule has 2 heterocycles. The lowest BCUT2D eigenvalue weighted by Gasteiger charge is -1.99. The first-order valence-corrected chi connectivity index (χ1v) is 5.31. The highest BCUT2D eigenvalue weighted by atomic mass is 32.2. The lowest BCUT2D eigenvalue weighted by Crippen LogP contribution is -1.94. The summed E-state index contributed by atoms with van der Waals surface area (Å²) in [6.07, 6.45) is 4.52. The molecule has 0 aliphatic heterocycles. The van der Waals surface area contributed by atoms with Crippen LogP contribution in [0.25, 0.3) is 11.2 Å². The van der Waals surface area contributed by atoms with Crippen LogP contribution in [0.4, 0.5) is 0 Å². The second kappa shape index (κ2) is 3.33. The highest BCUT2D eigenvalue weighted by Crippen LogP contribution is 2.16. The van der Waals surface area contributed by atoms with Gasteiger partial charge in [0, 0.05) is 0 Å². The van der Waals surface area contributed by atoms with E-state index in [4.69, 9.17) is 0 Å². The van der Waals surface area contributed by atoms with Gasteiger partial charge < -0.3 is 4.98 Å². The molecule has 0 radical (unpaired) electrons. The van der Waals surface area contributed by atoms with Crippen molar-refractivity contribution >= 4 is 22.9 Å². The Hall–Kier alpha value is -1.10. The predicted molar refractivity (Wildman–Crippen MR) is 52.8 cm³/mol. The van der Waals surface area contributed by atoms with E-state index in [1.165, 1.54) is 0 Å². The van der Waals surface area contributed by atoms with Gasteiger partial charge in [0.15, 0.2) is 10.8 Å². The molecule has 2 rings (SSSR count). The fraction of sp³-hybridized carbons (Fsp3) is 0.375. The monoisotopic (exact) mass is 194 g/mol. The van der Waals surface area contributed by atoms with Gasteiger partial charge in [0.2, 0.25) is 0 Å². The number of aryl methyl sites for hydroxylation is 1. The Labute approximate surface area is 80.2 Å². The van der Waals surface area contributed by atoms with Crippen LogP contribution in [0.2, 0.25) is 0 Å². The van der Waals surface area contributed by atoms with Crippen molar-refractivity contribution in [2.24, 2.45) is 0 Å². The number of nitrogens with zero attached hydrogens (tertiary/aromatic N) is 3. The first-order valence-electron chi connectivity index (χ1n) is 4.09. The van der Waals surface area contributed by atoms with Crippen molar-refractivity contribution < 1.29 is 0 Å². The largest absolute Gasteiger partial charge is 0.342 e. The van der Waals surface area contributed by atoms with E-state index in [1.54, 1.807) is 18.1 Å². The third-order valence-corrected chi connectivity index (χ3v) is 2.41. The summed E-state index contributed by atoms with van der Waals surface area (Å²) in [4.78, 5) is 15.8. The van der Waals surface area contributed by atoms with Crippen LogP contribution in [0.1, 0.15) is 12.6 Å². The molecule has 13 heavy (non-hydrogen) atoms. The Morgan fingerprint density at radius 2 is 2.31 bits per heavy atom. The number of aromatic amines is 1. The maximum atomic E-state index is 4.39. The summed E-state index contributed by atoms with van der Waals surface area (Å²) >= 11 is 1.54. The number of imidazole rings is 1. The minimum absolute atomic E-state index is 0.760. The van der Waals surface area contributed by atoms with Gasteiger partial charge in [-0.25, -0.2) is 15.0 Å². The van der Waals surface area contributed by atoms with E-state index in [1.807, 2.05) is 6.26 Å². The molecule has 0 amide bonds. The first kappa shape index (κ1) is 8.50. The minimum atomic E-state index is 0.760. The highest BCUT2D eigenvalue weighted by Gasteiger charge is 2.06. The first-order chi connectivity index (χ1) is 6.35. The average molecular weight is 194 g/mol. The molecule has 0 bridgehead atoms. The topological polar surface area (TPSA) is 54.5 Å². The molecular formula is C8H10N4S. The summed E-state index contributed by atoms with van der Waals surface area (Å²) in [5.74, 6) is 0. The van der Waals surface area contributed by atoms with Crippen LogP contribution in [-0.4, -0.2) is 26.2 Å². The lowest BCUT2D eigenvalue weighted by molar-refractivity contribution is 0.917. The van der Waals surface area contributed by atoms with Crippen LogP contribution < -0.4 is 0 Å². The van der Waals surface area contributed by atoms with E-state index in [9.17, 15) is 0 Å². The molecule has 4 nitrogen and oxygen atoms in total. The molecular weight excluding hydrogens is 184 g/mol. The summed E-state index contributed by atoms with van der Waals surface area (Å²) in [6, 6.07) is 0. The van der Waals surface area contributed by atoms with Gasteiger partial charge in [0.05, 0.1) is 12.0 Å². The summed E-state index contributed by atoms with van der Waals surface area (Å²) in [6.45, 7) is 2.08. The molecule has 0 spiro atoms. The van der Waals surface area contributed by atoms with Crippen molar-refractivity contribution in [3.8, 4) is 0 Å². The van der Waals surface area contributed by atoms with Crippen molar-refractivity contribution in [1.29, 1.82) is 0 Å². The van der Waals surface area contributed by atoms with Gasteiger partial charge in [-0.1, -0.05) is 18.7 Å². The number of aromatic nitrogens is 4. The predicted octanol–water partition coefficient (Wildman–Crippen LogP) is 1.64. The van der Waals surface area contributed by atoms with Gasteiger partial charge >= 0.3 is 0 Å². The minimum Gasteiger partial charge on any atom is -0.342 e. The molecule has 0 saturated heterocycles. The second-order valence-electron chi connectivity index (χ2n) is 2.61. The van der Waals surface area contributed by atoms with Gasteiger partial charge in [0.1, 0.15) is 5.52 Å². The fourth-order valence-electron chi connectivity index (χ4n) is 1.22. The van der Waals surface area contributed by atoms with Crippen molar-refractivity contribution in [3.05, 3.63) is 12.0 Å². The van der Waals surface area contributed by atoms with Gasteiger partial charge in [-0.15, -0.1) is 0 Å². The van der Waals surface area contributed by atoms with E-state index >= 15 is 0 Å². The molecule has 0 aromatic carbocycles. The van der Waals surface area contributed by atoms with Crippen LogP contribution in [0.15, 0.2) is 11.5 Å². The zero-order chi connectivity index (χ0) is 9.26. The normalized spacial score (nSPS) is 10.9. The van der Waals surface area contributed by atoms with E-state index in [0.717, 1.165) is 28.4 Å². The van der Waals surface area contributed by atoms with Crippen molar-refractivity contribution in [3.63, 3.8) is 0 Å². The van der Waals surface area contributed by atoms with E-state index in [0.29, 0.717) is 0 Å². The molecule has 2 aromatic heterocycles. The standard InChI is InChI=1S/C8H10N4S/c1-3-5-6-7(10-4-9-6)12-8(11-5)13-2/h4H,3H2,1-2H3,(H,9,10,11,12).